The van der Waals surface area contributed by atoms with E-state index in [0.717, 1.165) is 42.9 Å². The number of hydrogen-bond acceptors (Lipinski definition) is 6. The average molecular weight is 496 g/mol. The predicted octanol–water partition coefficient (Wildman–Crippen LogP) is 5.29. The highest BCUT2D eigenvalue weighted by molar-refractivity contribution is 5.99. The van der Waals surface area contributed by atoms with E-state index in [9.17, 15) is 13.2 Å². The lowest BCUT2D eigenvalue weighted by Gasteiger charge is -2.26. The number of fused-ring (bicyclic) bond motifs is 1. The zero-order valence-corrected chi connectivity index (χ0v) is 20.0. The summed E-state index contributed by atoms with van der Waals surface area (Å²) in [6.07, 6.45) is -0.689. The molecule has 0 unspecified atom stereocenters. The first kappa shape index (κ1) is 24.1. The number of rotatable bonds is 6. The van der Waals surface area contributed by atoms with E-state index in [1.807, 2.05) is 31.2 Å². The molecule has 0 atom stereocenters. The molecule has 0 radical (unpaired) electrons. The molecule has 2 aromatic carbocycles. The van der Waals surface area contributed by atoms with Gasteiger partial charge in [0.15, 0.2) is 5.65 Å². The molecule has 7 nitrogen and oxygen atoms in total. The number of benzene rings is 2. The van der Waals surface area contributed by atoms with E-state index in [0.29, 0.717) is 34.9 Å². The van der Waals surface area contributed by atoms with Crippen molar-refractivity contribution in [1.82, 2.24) is 24.6 Å². The second-order valence-electron chi connectivity index (χ2n) is 9.13. The molecule has 4 aromatic rings. The van der Waals surface area contributed by atoms with Crippen LogP contribution in [0.15, 0.2) is 48.5 Å². The number of aryl methyl sites for hydroxylation is 1. The van der Waals surface area contributed by atoms with E-state index in [1.165, 1.54) is 36.1 Å². The van der Waals surface area contributed by atoms with Crippen LogP contribution < -0.4 is 11.1 Å². The summed E-state index contributed by atoms with van der Waals surface area (Å²) in [7, 11) is 0. The number of likely N-dealkylation sites (tertiary alicyclic amines) is 1. The lowest BCUT2D eigenvalue weighted by molar-refractivity contribution is -0.137. The maximum absolute atomic E-state index is 13.0. The van der Waals surface area contributed by atoms with Crippen molar-refractivity contribution in [3.8, 4) is 16.9 Å². The third kappa shape index (κ3) is 4.99. The fraction of sp³-hybridized carbons (Fsp3) is 0.346. The Morgan fingerprint density at radius 1 is 1.00 bits per heavy atom. The number of aromatic nitrogens is 4. The minimum atomic E-state index is -4.42. The highest BCUT2D eigenvalue weighted by atomic mass is 19.4. The first-order chi connectivity index (χ1) is 17.3. The molecule has 3 heterocycles. The van der Waals surface area contributed by atoms with Crippen molar-refractivity contribution < 1.29 is 13.2 Å². The molecule has 2 aromatic heterocycles. The topological polar surface area (TPSA) is 84.9 Å². The second kappa shape index (κ2) is 9.77. The summed E-state index contributed by atoms with van der Waals surface area (Å²) in [5, 5.41) is 8.43. The molecule has 1 saturated heterocycles. The van der Waals surface area contributed by atoms with Crippen LogP contribution in [0.4, 0.5) is 24.9 Å². The predicted molar refractivity (Wildman–Crippen MR) is 135 cm³/mol. The van der Waals surface area contributed by atoms with E-state index in [2.05, 4.69) is 20.3 Å². The number of nitrogens with two attached hydrogens (primary N) is 1. The summed E-state index contributed by atoms with van der Waals surface area (Å²) in [5.41, 5.74) is 9.09. The molecule has 0 bridgehead atoms. The van der Waals surface area contributed by atoms with Crippen molar-refractivity contribution in [2.75, 3.05) is 37.2 Å². The van der Waals surface area contributed by atoms with Crippen molar-refractivity contribution in [2.24, 2.45) is 0 Å². The molecule has 1 fully saturated rings. The molecule has 0 saturated carbocycles. The Bertz CT molecular complexity index is 1360. The number of nitrogen functional groups attached to an aromatic ring is 1. The Morgan fingerprint density at radius 2 is 1.75 bits per heavy atom. The van der Waals surface area contributed by atoms with Crippen LogP contribution in [0.2, 0.25) is 0 Å². The highest BCUT2D eigenvalue weighted by Crippen LogP contribution is 2.34. The summed E-state index contributed by atoms with van der Waals surface area (Å²) >= 11 is 0. The lowest BCUT2D eigenvalue weighted by Crippen LogP contribution is -2.33. The van der Waals surface area contributed by atoms with Gasteiger partial charge in [0, 0.05) is 18.7 Å². The molecule has 5 rings (SSSR count). The third-order valence-electron chi connectivity index (χ3n) is 6.46. The van der Waals surface area contributed by atoms with Gasteiger partial charge >= 0.3 is 6.18 Å². The van der Waals surface area contributed by atoms with Crippen LogP contribution in [0.1, 0.15) is 30.4 Å². The highest BCUT2D eigenvalue weighted by Gasteiger charge is 2.30. The minimum absolute atomic E-state index is 0.265. The van der Waals surface area contributed by atoms with E-state index < -0.39 is 11.7 Å². The fourth-order valence-corrected chi connectivity index (χ4v) is 4.59. The van der Waals surface area contributed by atoms with Gasteiger partial charge in [-0.2, -0.15) is 18.2 Å². The Morgan fingerprint density at radius 3 is 2.44 bits per heavy atom. The number of nitrogens with zero attached hydrogens (tertiary/aromatic N) is 5. The van der Waals surface area contributed by atoms with E-state index in [1.54, 1.807) is 0 Å². The molecule has 0 aliphatic carbocycles. The molecule has 188 valence electrons. The zero-order valence-electron chi connectivity index (χ0n) is 20.0. The number of piperidine rings is 1. The maximum atomic E-state index is 13.0. The lowest BCUT2D eigenvalue weighted by atomic mass is 10.1. The molecule has 0 amide bonds. The first-order valence-corrected chi connectivity index (χ1v) is 12.1. The van der Waals surface area contributed by atoms with Crippen LogP contribution in [-0.4, -0.2) is 50.8 Å². The summed E-state index contributed by atoms with van der Waals surface area (Å²) in [6, 6.07) is 12.6. The zero-order chi connectivity index (χ0) is 25.3. The average Bonchev–Trinajstić information content (AvgIpc) is 3.20. The maximum Gasteiger partial charge on any atom is 0.416 e. The van der Waals surface area contributed by atoms with Gasteiger partial charge in [-0.05, 0) is 63.2 Å². The summed E-state index contributed by atoms with van der Waals surface area (Å²) in [6.45, 7) is 5.78. The van der Waals surface area contributed by atoms with Gasteiger partial charge in [0.2, 0.25) is 5.95 Å². The fourth-order valence-electron chi connectivity index (χ4n) is 4.59. The molecule has 0 spiro atoms. The molecule has 36 heavy (non-hydrogen) atoms. The van der Waals surface area contributed by atoms with Gasteiger partial charge in [0.1, 0.15) is 5.82 Å². The van der Waals surface area contributed by atoms with Crippen LogP contribution >= 0.6 is 0 Å². The minimum Gasteiger partial charge on any atom is -0.383 e. The number of alkyl halides is 3. The van der Waals surface area contributed by atoms with Crippen LogP contribution in [0, 0.1) is 6.92 Å². The Hall–Kier alpha value is -3.66. The summed E-state index contributed by atoms with van der Waals surface area (Å²) in [4.78, 5) is 11.8. The van der Waals surface area contributed by atoms with Gasteiger partial charge in [-0.25, -0.2) is 9.67 Å². The van der Waals surface area contributed by atoms with Crippen LogP contribution in [-0.2, 0) is 6.18 Å². The Balaban J connectivity index is 1.53. The normalized spacial score (nSPS) is 14.9. The van der Waals surface area contributed by atoms with Gasteiger partial charge in [0.25, 0.3) is 0 Å². The number of halogens is 3. The largest absolute Gasteiger partial charge is 0.416 e. The van der Waals surface area contributed by atoms with Crippen LogP contribution in [0.25, 0.3) is 28.0 Å². The van der Waals surface area contributed by atoms with Gasteiger partial charge in [-0.15, -0.1) is 5.10 Å². The summed E-state index contributed by atoms with van der Waals surface area (Å²) < 4.78 is 40.5. The number of anilines is 2. The SMILES string of the molecule is Cc1cccc(-c2nc(NCCN3CCCCC3)nc3nn(-c4ccc(C(F)(F)F)cc4)c(N)c23)c1. The molecule has 3 N–H and O–H groups in total. The number of hydrogen-bond donors (Lipinski definition) is 2. The quantitative estimate of drug-likeness (QED) is 0.378. The molecule has 1 aliphatic rings. The van der Waals surface area contributed by atoms with Crippen molar-refractivity contribution in [2.45, 2.75) is 32.4 Å². The standard InChI is InChI=1S/C26H28F3N7/c1-17-6-5-7-18(16-17)22-21-23(30)36(20-10-8-19(9-11-20)26(27,28)29)34-24(21)33-25(32-22)31-12-15-35-13-3-2-4-14-35/h5-11,16H,2-4,12-15,30H2,1H3,(H,31,33,34). The monoisotopic (exact) mass is 495 g/mol. The summed E-state index contributed by atoms with van der Waals surface area (Å²) in [5.74, 6) is 0.703. The van der Waals surface area contributed by atoms with Crippen LogP contribution in [0.3, 0.4) is 0 Å². The van der Waals surface area contributed by atoms with Crippen LogP contribution in [0.5, 0.6) is 0 Å². The Labute approximate surface area is 207 Å². The van der Waals surface area contributed by atoms with Gasteiger partial charge < -0.3 is 16.0 Å². The van der Waals surface area contributed by atoms with E-state index in [-0.39, 0.29) is 5.82 Å². The van der Waals surface area contributed by atoms with Crippen molar-refractivity contribution >= 4 is 22.8 Å². The molecule has 1 aliphatic heterocycles. The van der Waals surface area contributed by atoms with E-state index in [4.69, 9.17) is 10.7 Å². The van der Waals surface area contributed by atoms with Gasteiger partial charge in [0.05, 0.1) is 22.3 Å². The molecular weight excluding hydrogens is 467 g/mol. The van der Waals surface area contributed by atoms with Gasteiger partial charge in [-0.1, -0.05) is 30.2 Å². The van der Waals surface area contributed by atoms with Crippen molar-refractivity contribution in [3.05, 3.63) is 59.7 Å². The Kier molecular flexibility index (Phi) is 6.53. The van der Waals surface area contributed by atoms with E-state index >= 15 is 0 Å². The smallest absolute Gasteiger partial charge is 0.383 e. The third-order valence-corrected chi connectivity index (χ3v) is 6.46. The molecule has 10 heteroatoms. The first-order valence-electron chi connectivity index (χ1n) is 12.1. The van der Waals surface area contributed by atoms with Gasteiger partial charge in [-0.3, -0.25) is 0 Å². The van der Waals surface area contributed by atoms with Crippen molar-refractivity contribution in [1.29, 1.82) is 0 Å². The molecular formula is C26H28F3N7. The number of nitrogens with one attached hydrogen (secondary N) is 1. The second-order valence-corrected chi connectivity index (χ2v) is 9.13. The van der Waals surface area contributed by atoms with Crippen molar-refractivity contribution in [3.63, 3.8) is 0 Å².